The van der Waals surface area contributed by atoms with E-state index in [0.29, 0.717) is 6.42 Å². The van der Waals surface area contributed by atoms with Gasteiger partial charge >= 0.3 is 5.97 Å². The van der Waals surface area contributed by atoms with Gasteiger partial charge in [0.25, 0.3) is 5.79 Å². The number of carbonyl (C=O) groups excluding carboxylic acids is 1. The molecule has 0 bridgehead atoms. The number of carbonyl (C=O) groups is 1. The zero-order valence-corrected chi connectivity index (χ0v) is 18.6. The summed E-state index contributed by atoms with van der Waals surface area (Å²) < 4.78 is 22.1. The normalized spacial score (nSPS) is 26.4. The summed E-state index contributed by atoms with van der Waals surface area (Å²) in [5, 5.41) is 0. The van der Waals surface area contributed by atoms with Crippen LogP contribution in [0.4, 0.5) is 0 Å². The molecule has 3 unspecified atom stereocenters. The summed E-state index contributed by atoms with van der Waals surface area (Å²) in [7, 11) is 2.99. The number of rotatable bonds is 11. The van der Waals surface area contributed by atoms with Gasteiger partial charge in [-0.2, -0.15) is 0 Å². The van der Waals surface area contributed by atoms with Crippen LogP contribution in [0.15, 0.2) is 12.2 Å². The molecule has 5 heteroatoms. The first-order valence-electron chi connectivity index (χ1n) is 10.6. The van der Waals surface area contributed by atoms with Crippen LogP contribution < -0.4 is 0 Å². The van der Waals surface area contributed by atoms with Crippen LogP contribution in [0.2, 0.25) is 0 Å². The van der Waals surface area contributed by atoms with Gasteiger partial charge in [-0.25, -0.2) is 4.79 Å². The zero-order valence-electron chi connectivity index (χ0n) is 18.6. The Hall–Kier alpha value is -1.79. The average molecular weight is 405 g/mol. The van der Waals surface area contributed by atoms with Gasteiger partial charge in [0.05, 0.1) is 0 Å². The van der Waals surface area contributed by atoms with E-state index in [1.165, 1.54) is 20.6 Å². The molecule has 0 aliphatic carbocycles. The number of hydrogen-bond acceptors (Lipinski definition) is 5. The first kappa shape index (κ1) is 25.2. The Labute approximate surface area is 176 Å². The maximum Gasteiger partial charge on any atom is 0.338 e. The van der Waals surface area contributed by atoms with Crippen molar-refractivity contribution in [2.75, 3.05) is 14.2 Å². The van der Waals surface area contributed by atoms with Crippen molar-refractivity contribution in [1.29, 1.82) is 0 Å². The van der Waals surface area contributed by atoms with Crippen molar-refractivity contribution in [1.82, 2.24) is 0 Å². The number of allylic oxidation sites excluding steroid dienone is 2. The zero-order chi connectivity index (χ0) is 21.6. The summed E-state index contributed by atoms with van der Waals surface area (Å²) in [6, 6.07) is 0. The van der Waals surface area contributed by atoms with Crippen LogP contribution in [0.1, 0.15) is 78.6 Å². The van der Waals surface area contributed by atoms with Crippen molar-refractivity contribution < 1.29 is 23.7 Å². The molecule has 0 aromatic rings. The highest BCUT2D eigenvalue weighted by Crippen LogP contribution is 2.38. The fourth-order valence-electron chi connectivity index (χ4n) is 2.95. The van der Waals surface area contributed by atoms with Gasteiger partial charge < -0.3 is 18.9 Å². The molecule has 0 aromatic heterocycles. The molecule has 0 saturated carbocycles. The second-order valence-corrected chi connectivity index (χ2v) is 7.40. The predicted molar refractivity (Wildman–Crippen MR) is 114 cm³/mol. The van der Waals surface area contributed by atoms with E-state index in [0.717, 1.165) is 44.9 Å². The maximum atomic E-state index is 12.2. The maximum absolute atomic E-state index is 12.2. The van der Waals surface area contributed by atoms with Crippen molar-refractivity contribution in [2.24, 2.45) is 0 Å². The lowest BCUT2D eigenvalue weighted by atomic mass is 10.0. The summed E-state index contributed by atoms with van der Waals surface area (Å²) in [6.07, 6.45) is 12.3. The third-order valence-electron chi connectivity index (χ3n) is 5.20. The average Bonchev–Trinajstić information content (AvgIpc) is 2.71. The van der Waals surface area contributed by atoms with E-state index in [1.54, 1.807) is 13.8 Å². The number of cyclic esters (lactones) is 1. The van der Waals surface area contributed by atoms with Crippen LogP contribution in [-0.4, -0.2) is 37.9 Å². The Kier molecular flexibility index (Phi) is 11.7. The van der Waals surface area contributed by atoms with Crippen LogP contribution in [0, 0.1) is 23.7 Å². The monoisotopic (exact) mass is 404 g/mol. The number of unbranched alkanes of at least 4 members (excludes halogenated alkanes) is 6. The molecule has 5 nitrogen and oxygen atoms in total. The molecule has 1 saturated heterocycles. The van der Waals surface area contributed by atoms with Gasteiger partial charge in [-0.15, -0.1) is 0 Å². The molecule has 0 spiro atoms. The van der Waals surface area contributed by atoms with Crippen LogP contribution in [0.5, 0.6) is 0 Å². The van der Waals surface area contributed by atoms with E-state index in [-0.39, 0.29) is 0 Å². The third kappa shape index (κ3) is 8.23. The largest absolute Gasteiger partial charge is 0.425 e. The molecule has 3 atom stereocenters. The minimum atomic E-state index is -1.26. The topological polar surface area (TPSA) is 54.0 Å². The van der Waals surface area contributed by atoms with Gasteiger partial charge in [0, 0.05) is 27.6 Å². The Morgan fingerprint density at radius 1 is 1.03 bits per heavy atom. The number of ether oxygens (including phenoxy) is 4. The molecule has 1 aliphatic heterocycles. The molecular weight excluding hydrogens is 368 g/mol. The molecule has 1 fully saturated rings. The van der Waals surface area contributed by atoms with E-state index in [9.17, 15) is 4.79 Å². The molecule has 1 heterocycles. The molecule has 0 radical (unpaired) electrons. The van der Waals surface area contributed by atoms with E-state index >= 15 is 0 Å². The van der Waals surface area contributed by atoms with Gasteiger partial charge in [0.2, 0.25) is 5.79 Å². The molecule has 1 rings (SSSR count). The van der Waals surface area contributed by atoms with Crippen molar-refractivity contribution in [2.45, 2.75) is 96.2 Å². The Balaban J connectivity index is 2.22. The Morgan fingerprint density at radius 2 is 1.76 bits per heavy atom. The first-order valence-corrected chi connectivity index (χ1v) is 10.6. The highest BCUT2D eigenvalue weighted by atomic mass is 16.8. The Bertz CT molecular complexity index is 648. The van der Waals surface area contributed by atoms with Crippen LogP contribution in [0.25, 0.3) is 0 Å². The van der Waals surface area contributed by atoms with Crippen LogP contribution in [-0.2, 0) is 23.7 Å². The molecule has 0 aromatic carbocycles. The lowest BCUT2D eigenvalue weighted by Gasteiger charge is -2.47. The van der Waals surface area contributed by atoms with Gasteiger partial charge in [-0.3, -0.25) is 0 Å². The van der Waals surface area contributed by atoms with Crippen LogP contribution in [0.3, 0.4) is 0 Å². The third-order valence-corrected chi connectivity index (χ3v) is 5.20. The van der Waals surface area contributed by atoms with Crippen molar-refractivity contribution in [3.63, 3.8) is 0 Å². The van der Waals surface area contributed by atoms with E-state index < -0.39 is 23.6 Å². The second kappa shape index (κ2) is 13.4. The molecular formula is C24H36O5. The number of hydrogen-bond donors (Lipinski definition) is 0. The highest BCUT2D eigenvalue weighted by Gasteiger charge is 2.57. The smallest absolute Gasteiger partial charge is 0.338 e. The fraction of sp³-hybridized carbons (Fsp3) is 0.708. The second-order valence-electron chi connectivity index (χ2n) is 7.40. The predicted octanol–water partition coefficient (Wildman–Crippen LogP) is 4.75. The molecule has 29 heavy (non-hydrogen) atoms. The summed E-state index contributed by atoms with van der Waals surface area (Å²) in [6.45, 7) is 5.52. The minimum absolute atomic E-state index is 0.400. The highest BCUT2D eigenvalue weighted by molar-refractivity contribution is 5.75. The minimum Gasteiger partial charge on any atom is -0.425 e. The van der Waals surface area contributed by atoms with E-state index in [1.807, 2.05) is 6.08 Å². The molecule has 0 N–H and O–H groups in total. The molecule has 0 amide bonds. The van der Waals surface area contributed by atoms with Crippen LogP contribution >= 0.6 is 0 Å². The summed E-state index contributed by atoms with van der Waals surface area (Å²) >= 11 is 0. The molecule has 1 aliphatic rings. The lowest BCUT2D eigenvalue weighted by Crippen LogP contribution is -2.64. The lowest BCUT2D eigenvalue weighted by molar-refractivity contribution is -0.406. The van der Waals surface area contributed by atoms with Gasteiger partial charge in [-0.1, -0.05) is 50.5 Å². The first-order chi connectivity index (χ1) is 13.9. The van der Waals surface area contributed by atoms with Crippen molar-refractivity contribution in [3.8, 4) is 23.7 Å². The summed E-state index contributed by atoms with van der Waals surface area (Å²) in [5.41, 5.74) is 0. The van der Waals surface area contributed by atoms with E-state index in [4.69, 9.17) is 18.9 Å². The quantitative estimate of drug-likeness (QED) is 0.283. The van der Waals surface area contributed by atoms with Crippen molar-refractivity contribution >= 4 is 5.97 Å². The van der Waals surface area contributed by atoms with Crippen molar-refractivity contribution in [3.05, 3.63) is 12.2 Å². The SMILES string of the molecule is CCCCC#CC#C/C=C/CCCCCCC1OC(C)(OC)C(C)(OC)OC1=O. The summed E-state index contributed by atoms with van der Waals surface area (Å²) in [4.78, 5) is 12.2. The summed E-state index contributed by atoms with van der Waals surface area (Å²) in [5.74, 6) is 8.90. The van der Waals surface area contributed by atoms with Gasteiger partial charge in [0.1, 0.15) is 0 Å². The number of methoxy groups -OCH3 is 2. The molecule has 162 valence electrons. The number of esters is 1. The standard InChI is InChI=1S/C24H36O5/c1-6-7-8-9-10-11-12-13-14-15-16-17-18-19-20-21-22(25)29-24(3,27-5)23(2,26-4)28-21/h13-14,21H,6-8,15-20H2,1-5H3/b14-13+. The van der Waals surface area contributed by atoms with E-state index in [2.05, 4.69) is 36.7 Å². The fourth-order valence-corrected chi connectivity index (χ4v) is 2.95. The van der Waals surface area contributed by atoms with Gasteiger partial charge in [-0.05, 0) is 50.5 Å². The van der Waals surface area contributed by atoms with Gasteiger partial charge in [0.15, 0.2) is 6.10 Å². The Morgan fingerprint density at radius 3 is 2.45 bits per heavy atom.